The maximum atomic E-state index is 14.0. The van der Waals surface area contributed by atoms with Crippen LogP contribution in [0.3, 0.4) is 0 Å². The van der Waals surface area contributed by atoms with Crippen LogP contribution in [0.1, 0.15) is 26.3 Å². The van der Waals surface area contributed by atoms with Crippen LogP contribution in [-0.4, -0.2) is 36.9 Å². The molecule has 0 saturated heterocycles. The lowest BCUT2D eigenvalue weighted by atomic mass is 10.0. The van der Waals surface area contributed by atoms with E-state index in [-0.39, 0.29) is 34.5 Å². The number of phenolic OH excluding ortho intramolecular Hbond substituents is 2. The van der Waals surface area contributed by atoms with Crippen LogP contribution >= 0.6 is 0 Å². The molecule has 5 rings (SSSR count). The molecule has 0 radical (unpaired) electrons. The number of hydrogen-bond acceptors (Lipinski definition) is 6. The highest BCUT2D eigenvalue weighted by molar-refractivity contribution is 6.26. The van der Waals surface area contributed by atoms with Crippen molar-refractivity contribution in [3.8, 4) is 22.6 Å². The Morgan fingerprint density at radius 2 is 1.35 bits per heavy atom. The molecule has 1 aromatic heterocycles. The molecule has 7 nitrogen and oxygen atoms in total. The third-order valence-electron chi connectivity index (χ3n) is 5.27. The van der Waals surface area contributed by atoms with E-state index in [0.717, 1.165) is 4.90 Å². The molecular weight excluding hydrogens is 401 g/mol. The van der Waals surface area contributed by atoms with Crippen molar-refractivity contribution in [2.45, 2.75) is 6.54 Å². The molecule has 8 heteroatoms. The molecule has 2 amide bonds. The Kier molecular flexibility index (Phi) is 4.14. The minimum absolute atomic E-state index is 0.0593. The number of hydrogen-bond donors (Lipinski definition) is 2. The van der Waals surface area contributed by atoms with E-state index in [0.29, 0.717) is 16.7 Å². The molecule has 1 aliphatic heterocycles. The largest absolute Gasteiger partial charge is 0.505 e. The molecule has 1 aliphatic rings. The van der Waals surface area contributed by atoms with Gasteiger partial charge in [-0.05, 0) is 17.2 Å². The van der Waals surface area contributed by atoms with Gasteiger partial charge in [-0.1, -0.05) is 42.5 Å². The number of rotatable bonds is 3. The number of halogens is 1. The average Bonchev–Trinajstić information content (AvgIpc) is 3.04. The summed E-state index contributed by atoms with van der Waals surface area (Å²) in [4.78, 5) is 34.6. The Labute approximate surface area is 175 Å². The standard InChI is InChI=1S/C23H14FN3O4/c24-15-4-2-1-3-14(15)13-7-5-12(6-8-13)11-27-22(30)16-17(23(27)31)21(29)19-18(20(16)28)25-9-10-26-19/h1-10,28-29H,11H2. The lowest BCUT2D eigenvalue weighted by molar-refractivity contribution is 0.0641. The highest BCUT2D eigenvalue weighted by Gasteiger charge is 2.42. The number of carbonyl (C=O) groups is 2. The zero-order valence-corrected chi connectivity index (χ0v) is 15.9. The zero-order valence-electron chi connectivity index (χ0n) is 15.9. The van der Waals surface area contributed by atoms with Crippen LogP contribution in [0.4, 0.5) is 4.39 Å². The molecule has 2 heterocycles. The summed E-state index contributed by atoms with van der Waals surface area (Å²) in [5, 5.41) is 21.0. The van der Waals surface area contributed by atoms with Gasteiger partial charge < -0.3 is 10.2 Å². The fourth-order valence-corrected chi connectivity index (χ4v) is 3.75. The highest BCUT2D eigenvalue weighted by atomic mass is 19.1. The van der Waals surface area contributed by atoms with Gasteiger partial charge in [0.25, 0.3) is 11.8 Å². The van der Waals surface area contributed by atoms with Gasteiger partial charge in [0.05, 0.1) is 6.54 Å². The van der Waals surface area contributed by atoms with Crippen LogP contribution < -0.4 is 0 Å². The van der Waals surface area contributed by atoms with E-state index < -0.39 is 23.3 Å². The first-order valence-corrected chi connectivity index (χ1v) is 9.36. The molecule has 31 heavy (non-hydrogen) atoms. The van der Waals surface area contributed by atoms with Gasteiger partial charge in [-0.3, -0.25) is 14.5 Å². The van der Waals surface area contributed by atoms with Crippen molar-refractivity contribution in [2.75, 3.05) is 0 Å². The minimum atomic E-state index is -0.737. The summed E-state index contributed by atoms with van der Waals surface area (Å²) in [5.41, 5.74) is 1.01. The number of imide groups is 1. The van der Waals surface area contributed by atoms with Gasteiger partial charge in [0.1, 0.15) is 28.0 Å². The Hall–Kier alpha value is -4.33. The van der Waals surface area contributed by atoms with Crippen molar-refractivity contribution < 1.29 is 24.2 Å². The van der Waals surface area contributed by atoms with Crippen LogP contribution in [-0.2, 0) is 6.54 Å². The van der Waals surface area contributed by atoms with E-state index in [4.69, 9.17) is 0 Å². The van der Waals surface area contributed by atoms with E-state index in [2.05, 4.69) is 9.97 Å². The first-order valence-electron chi connectivity index (χ1n) is 9.36. The third kappa shape index (κ3) is 2.80. The topological polar surface area (TPSA) is 104 Å². The summed E-state index contributed by atoms with van der Waals surface area (Å²) in [6, 6.07) is 13.1. The Bertz CT molecular complexity index is 1330. The fourth-order valence-electron chi connectivity index (χ4n) is 3.75. The third-order valence-corrected chi connectivity index (χ3v) is 5.27. The molecule has 0 bridgehead atoms. The molecule has 0 unspecified atom stereocenters. The number of nitrogens with zero attached hydrogens (tertiary/aromatic N) is 3. The summed E-state index contributed by atoms with van der Waals surface area (Å²) < 4.78 is 14.0. The SMILES string of the molecule is O=C1c2c(c(O)c3nccnc3c2O)C(=O)N1Cc1ccc(-c2ccccc2F)cc1. The smallest absolute Gasteiger partial charge is 0.265 e. The first-order chi connectivity index (χ1) is 15.0. The predicted molar refractivity (Wildman–Crippen MR) is 109 cm³/mol. The Balaban J connectivity index is 1.49. The highest BCUT2D eigenvalue weighted by Crippen LogP contribution is 2.42. The number of phenols is 2. The lowest BCUT2D eigenvalue weighted by Crippen LogP contribution is -2.29. The van der Waals surface area contributed by atoms with Gasteiger partial charge >= 0.3 is 0 Å². The molecule has 0 saturated carbocycles. The number of carbonyl (C=O) groups excluding carboxylic acids is 2. The van der Waals surface area contributed by atoms with Crippen molar-refractivity contribution >= 4 is 22.8 Å². The summed E-state index contributed by atoms with van der Waals surface area (Å²) in [7, 11) is 0. The number of fused-ring (bicyclic) bond motifs is 2. The summed E-state index contributed by atoms with van der Waals surface area (Å²) in [6.07, 6.45) is 2.62. The van der Waals surface area contributed by atoms with Crippen molar-refractivity contribution in [3.63, 3.8) is 0 Å². The van der Waals surface area contributed by atoms with Gasteiger partial charge in [0.15, 0.2) is 11.5 Å². The molecule has 3 aromatic carbocycles. The predicted octanol–water partition coefficient (Wildman–Crippen LogP) is 3.64. The van der Waals surface area contributed by atoms with Gasteiger partial charge in [0, 0.05) is 18.0 Å². The van der Waals surface area contributed by atoms with Crippen LogP contribution in [0, 0.1) is 5.82 Å². The van der Waals surface area contributed by atoms with Crippen molar-refractivity contribution in [1.82, 2.24) is 14.9 Å². The minimum Gasteiger partial charge on any atom is -0.505 e. The summed E-state index contributed by atoms with van der Waals surface area (Å²) in [6.45, 7) is -0.0834. The number of aromatic nitrogens is 2. The molecule has 0 aliphatic carbocycles. The quantitative estimate of drug-likeness (QED) is 0.391. The molecule has 2 N–H and O–H groups in total. The van der Waals surface area contributed by atoms with Gasteiger partial charge in [-0.25, -0.2) is 14.4 Å². The van der Waals surface area contributed by atoms with E-state index in [1.807, 2.05) is 0 Å². The van der Waals surface area contributed by atoms with Crippen molar-refractivity contribution in [1.29, 1.82) is 0 Å². The van der Waals surface area contributed by atoms with E-state index >= 15 is 0 Å². The first kappa shape index (κ1) is 18.7. The molecule has 4 aromatic rings. The zero-order chi connectivity index (χ0) is 21.7. The maximum Gasteiger partial charge on any atom is 0.265 e. The molecule has 0 spiro atoms. The molecule has 152 valence electrons. The molecular formula is C23H14FN3O4. The second-order valence-electron chi connectivity index (χ2n) is 7.07. The lowest BCUT2D eigenvalue weighted by Gasteiger charge is -2.14. The van der Waals surface area contributed by atoms with Crippen molar-refractivity contribution in [2.24, 2.45) is 0 Å². The fraction of sp³-hybridized carbons (Fsp3) is 0.0435. The summed E-state index contributed by atoms with van der Waals surface area (Å²) >= 11 is 0. The van der Waals surface area contributed by atoms with Crippen LogP contribution in [0.2, 0.25) is 0 Å². The monoisotopic (exact) mass is 415 g/mol. The van der Waals surface area contributed by atoms with Crippen LogP contribution in [0.25, 0.3) is 22.2 Å². The normalized spacial score (nSPS) is 13.1. The molecule has 0 fully saturated rings. The maximum absolute atomic E-state index is 14.0. The van der Waals surface area contributed by atoms with Gasteiger partial charge in [0.2, 0.25) is 0 Å². The van der Waals surface area contributed by atoms with Crippen LogP contribution in [0.15, 0.2) is 60.9 Å². The second kappa shape index (κ2) is 6.88. The van der Waals surface area contributed by atoms with E-state index in [1.165, 1.54) is 18.5 Å². The Morgan fingerprint density at radius 3 is 1.90 bits per heavy atom. The average molecular weight is 415 g/mol. The summed E-state index contributed by atoms with van der Waals surface area (Å²) in [5.74, 6) is -2.81. The number of amides is 2. The number of aromatic hydroxyl groups is 2. The van der Waals surface area contributed by atoms with Gasteiger partial charge in [-0.15, -0.1) is 0 Å². The van der Waals surface area contributed by atoms with E-state index in [1.54, 1.807) is 42.5 Å². The van der Waals surface area contributed by atoms with Crippen molar-refractivity contribution in [3.05, 3.63) is 83.4 Å². The van der Waals surface area contributed by atoms with E-state index in [9.17, 15) is 24.2 Å². The Morgan fingerprint density at radius 1 is 0.806 bits per heavy atom. The number of benzene rings is 3. The van der Waals surface area contributed by atoms with Gasteiger partial charge in [-0.2, -0.15) is 0 Å². The second-order valence-corrected chi connectivity index (χ2v) is 7.07. The van der Waals surface area contributed by atoms with Crippen LogP contribution in [0.5, 0.6) is 11.5 Å². The molecule has 0 atom stereocenters.